The van der Waals surface area contributed by atoms with E-state index in [1.807, 2.05) is 0 Å². The summed E-state index contributed by atoms with van der Waals surface area (Å²) in [5.74, 6) is 4.90. The molecular weight excluding hydrogens is 258 g/mol. The molecule has 0 saturated heterocycles. The summed E-state index contributed by atoms with van der Waals surface area (Å²) in [4.78, 5) is 20.9. The van der Waals surface area contributed by atoms with Gasteiger partial charge in [0.25, 0.3) is 5.91 Å². The minimum atomic E-state index is -3.11. The predicted molar refractivity (Wildman–Crippen MR) is 66.5 cm³/mol. The number of rotatable bonds is 5. The van der Waals surface area contributed by atoms with Crippen LogP contribution in [0.5, 0.6) is 0 Å². The van der Waals surface area contributed by atoms with Crippen LogP contribution in [0.1, 0.15) is 10.5 Å². The van der Waals surface area contributed by atoms with Crippen LogP contribution < -0.4 is 11.3 Å². The van der Waals surface area contributed by atoms with Gasteiger partial charge in [-0.15, -0.1) is 0 Å². The number of nitrogens with one attached hydrogen (secondary N) is 1. The number of hydrogen-bond acceptors (Lipinski definition) is 7. The number of carbonyl (C=O) groups excluding carboxylic acids is 1. The summed E-state index contributed by atoms with van der Waals surface area (Å²) in [5.41, 5.74) is 2.38. The van der Waals surface area contributed by atoms with Gasteiger partial charge < -0.3 is 10.3 Å². The van der Waals surface area contributed by atoms with Crippen molar-refractivity contribution in [2.24, 2.45) is 5.84 Å². The van der Waals surface area contributed by atoms with E-state index in [4.69, 9.17) is 5.84 Å². The summed E-state index contributed by atoms with van der Waals surface area (Å²) in [6, 6.07) is 0. The minimum absolute atomic E-state index is 0.0969. The maximum absolute atomic E-state index is 11.9. The zero-order chi connectivity index (χ0) is 13.8. The number of hydrazine groups is 1. The van der Waals surface area contributed by atoms with Crippen LogP contribution in [0.15, 0.2) is 12.4 Å². The van der Waals surface area contributed by atoms with Crippen LogP contribution in [0, 0.1) is 0 Å². The molecule has 0 aromatic carbocycles. The van der Waals surface area contributed by atoms with Crippen molar-refractivity contribution in [1.29, 1.82) is 0 Å². The first kappa shape index (κ1) is 14.3. The van der Waals surface area contributed by atoms with E-state index in [-0.39, 0.29) is 23.8 Å². The first-order valence-corrected chi connectivity index (χ1v) is 7.11. The van der Waals surface area contributed by atoms with Gasteiger partial charge in [-0.3, -0.25) is 9.78 Å². The molecule has 0 aliphatic rings. The lowest BCUT2D eigenvalue weighted by Gasteiger charge is -2.15. The Morgan fingerprint density at radius 1 is 1.50 bits per heavy atom. The van der Waals surface area contributed by atoms with Crippen molar-refractivity contribution in [3.63, 3.8) is 0 Å². The lowest BCUT2D eigenvalue weighted by Crippen LogP contribution is -2.32. The molecule has 0 aliphatic heterocycles. The molecule has 1 rings (SSSR count). The van der Waals surface area contributed by atoms with Crippen molar-refractivity contribution in [2.75, 3.05) is 31.0 Å². The Balaban J connectivity index is 2.74. The van der Waals surface area contributed by atoms with Gasteiger partial charge in [0, 0.05) is 19.8 Å². The van der Waals surface area contributed by atoms with E-state index in [1.54, 1.807) is 0 Å². The summed E-state index contributed by atoms with van der Waals surface area (Å²) >= 11 is 0. The van der Waals surface area contributed by atoms with Crippen molar-refractivity contribution in [3.05, 3.63) is 18.1 Å². The standard InChI is InChI=1S/C9H15N5O3S/c1-14(3-4-18(2,16)17)9(15)7-5-11-6-8(12-7)13-10/h5-6H,3-4,10H2,1-2H3,(H,12,13). The molecule has 3 N–H and O–H groups in total. The molecule has 1 amide bonds. The smallest absolute Gasteiger partial charge is 0.273 e. The topological polar surface area (TPSA) is 118 Å². The Morgan fingerprint density at radius 3 is 2.72 bits per heavy atom. The summed E-state index contributed by atoms with van der Waals surface area (Å²) in [6.07, 6.45) is 3.78. The fourth-order valence-corrected chi connectivity index (χ4v) is 1.74. The summed E-state index contributed by atoms with van der Waals surface area (Å²) in [7, 11) is -1.61. The van der Waals surface area contributed by atoms with Crippen molar-refractivity contribution in [1.82, 2.24) is 14.9 Å². The second-order valence-electron chi connectivity index (χ2n) is 3.79. The lowest BCUT2D eigenvalue weighted by atomic mass is 10.4. The molecule has 100 valence electrons. The van der Waals surface area contributed by atoms with Gasteiger partial charge in [0.05, 0.1) is 18.1 Å². The van der Waals surface area contributed by atoms with E-state index in [2.05, 4.69) is 15.4 Å². The van der Waals surface area contributed by atoms with Crippen molar-refractivity contribution in [2.45, 2.75) is 0 Å². The third-order valence-corrected chi connectivity index (χ3v) is 3.07. The number of aromatic nitrogens is 2. The number of nitrogen functional groups attached to an aromatic ring is 1. The average molecular weight is 273 g/mol. The number of hydrogen-bond donors (Lipinski definition) is 2. The maximum Gasteiger partial charge on any atom is 0.273 e. The summed E-state index contributed by atoms with van der Waals surface area (Å²) in [5, 5.41) is 0. The van der Waals surface area contributed by atoms with Gasteiger partial charge in [-0.1, -0.05) is 0 Å². The zero-order valence-electron chi connectivity index (χ0n) is 10.1. The molecule has 1 aromatic rings. The van der Waals surface area contributed by atoms with Crippen molar-refractivity contribution >= 4 is 21.6 Å². The number of nitrogens with zero attached hydrogens (tertiary/aromatic N) is 3. The number of carbonyl (C=O) groups is 1. The van der Waals surface area contributed by atoms with Crippen molar-refractivity contribution in [3.8, 4) is 0 Å². The molecule has 0 saturated carbocycles. The van der Waals surface area contributed by atoms with Gasteiger partial charge in [0.2, 0.25) is 0 Å². The largest absolute Gasteiger partial charge is 0.339 e. The minimum Gasteiger partial charge on any atom is -0.339 e. The zero-order valence-corrected chi connectivity index (χ0v) is 10.9. The molecule has 0 atom stereocenters. The number of sulfone groups is 1. The van der Waals surface area contributed by atoms with Crippen LogP contribution in [0.3, 0.4) is 0 Å². The summed E-state index contributed by atoms with van der Waals surface area (Å²) in [6.45, 7) is 0.0969. The molecule has 0 fully saturated rings. The highest BCUT2D eigenvalue weighted by atomic mass is 32.2. The van der Waals surface area contributed by atoms with E-state index in [0.29, 0.717) is 0 Å². The Kier molecular flexibility index (Phi) is 4.56. The second-order valence-corrected chi connectivity index (χ2v) is 6.05. The first-order valence-electron chi connectivity index (χ1n) is 5.05. The lowest BCUT2D eigenvalue weighted by molar-refractivity contribution is 0.0797. The van der Waals surface area contributed by atoms with Crippen LogP contribution in [0.2, 0.25) is 0 Å². The molecule has 0 unspecified atom stereocenters. The van der Waals surface area contributed by atoms with Gasteiger partial charge in [-0.05, 0) is 0 Å². The molecule has 0 bridgehead atoms. The SMILES string of the molecule is CN(CCS(C)(=O)=O)C(=O)c1cncc(NN)n1. The predicted octanol–water partition coefficient (Wildman–Crippen LogP) is -1.12. The van der Waals surface area contributed by atoms with E-state index in [1.165, 1.54) is 24.3 Å². The van der Waals surface area contributed by atoms with Gasteiger partial charge in [-0.25, -0.2) is 19.2 Å². The maximum atomic E-state index is 11.9. The quantitative estimate of drug-likeness (QED) is 0.515. The molecule has 1 heterocycles. The van der Waals surface area contributed by atoms with Crippen LogP contribution >= 0.6 is 0 Å². The fourth-order valence-electron chi connectivity index (χ4n) is 1.14. The van der Waals surface area contributed by atoms with Crippen LogP contribution in [0.4, 0.5) is 5.82 Å². The number of amides is 1. The molecule has 0 radical (unpaired) electrons. The van der Waals surface area contributed by atoms with Gasteiger partial charge >= 0.3 is 0 Å². The molecule has 9 heteroatoms. The average Bonchev–Trinajstić information content (AvgIpc) is 2.34. The highest BCUT2D eigenvalue weighted by Gasteiger charge is 2.15. The summed E-state index contributed by atoms with van der Waals surface area (Å²) < 4.78 is 22.0. The Labute approximate surface area is 105 Å². The number of anilines is 1. The fraction of sp³-hybridized carbons (Fsp3) is 0.444. The third-order valence-electron chi connectivity index (χ3n) is 2.15. The monoisotopic (exact) mass is 273 g/mol. The van der Waals surface area contributed by atoms with Crippen LogP contribution in [-0.4, -0.2) is 54.8 Å². The van der Waals surface area contributed by atoms with E-state index in [9.17, 15) is 13.2 Å². The van der Waals surface area contributed by atoms with Crippen molar-refractivity contribution < 1.29 is 13.2 Å². The molecular formula is C9H15N5O3S. The Hall–Kier alpha value is -1.74. The highest BCUT2D eigenvalue weighted by Crippen LogP contribution is 2.03. The third kappa shape index (κ3) is 4.26. The molecule has 0 spiro atoms. The molecule has 8 nitrogen and oxygen atoms in total. The molecule has 0 aliphatic carbocycles. The van der Waals surface area contributed by atoms with E-state index < -0.39 is 15.7 Å². The second kappa shape index (κ2) is 5.74. The van der Waals surface area contributed by atoms with Crippen LogP contribution in [0.25, 0.3) is 0 Å². The Bertz CT molecular complexity index is 531. The molecule has 1 aromatic heterocycles. The van der Waals surface area contributed by atoms with Gasteiger partial charge in [0.1, 0.15) is 15.5 Å². The van der Waals surface area contributed by atoms with Gasteiger partial charge in [0.15, 0.2) is 5.82 Å². The van der Waals surface area contributed by atoms with Gasteiger partial charge in [-0.2, -0.15) is 0 Å². The van der Waals surface area contributed by atoms with Crippen LogP contribution in [-0.2, 0) is 9.84 Å². The van der Waals surface area contributed by atoms with E-state index >= 15 is 0 Å². The Morgan fingerprint density at radius 2 is 2.17 bits per heavy atom. The van der Waals surface area contributed by atoms with E-state index in [0.717, 1.165) is 6.26 Å². The first-order chi connectivity index (χ1) is 8.33. The highest BCUT2D eigenvalue weighted by molar-refractivity contribution is 7.90. The molecule has 18 heavy (non-hydrogen) atoms. The normalized spacial score (nSPS) is 11.1. The number of nitrogens with two attached hydrogens (primary N) is 1.